The fourth-order valence-electron chi connectivity index (χ4n) is 2.59. The first kappa shape index (κ1) is 15.2. The van der Waals surface area contributed by atoms with Gasteiger partial charge >= 0.3 is 0 Å². The molecule has 1 N–H and O–H groups in total. The number of nitrogens with one attached hydrogen (secondary N) is 1. The lowest BCUT2D eigenvalue weighted by Crippen LogP contribution is -2.23. The van der Waals surface area contributed by atoms with Gasteiger partial charge in [0.05, 0.1) is 0 Å². The van der Waals surface area contributed by atoms with Crippen molar-refractivity contribution in [1.29, 1.82) is 0 Å². The monoisotopic (exact) mass is 247 g/mol. The molecule has 0 saturated heterocycles. The van der Waals surface area contributed by atoms with Gasteiger partial charge in [0.1, 0.15) is 0 Å². The average molecular weight is 247 g/mol. The van der Waals surface area contributed by atoms with Crippen molar-refractivity contribution in [2.45, 2.75) is 58.9 Å². The SMILES string of the molecule is CCCC(C)C(NC)c1ccc(C(C)(C)C)cc1. The van der Waals surface area contributed by atoms with Gasteiger partial charge in [-0.2, -0.15) is 0 Å². The lowest BCUT2D eigenvalue weighted by molar-refractivity contribution is 0.384. The van der Waals surface area contributed by atoms with E-state index in [1.807, 2.05) is 0 Å². The van der Waals surface area contributed by atoms with Gasteiger partial charge in [0.15, 0.2) is 0 Å². The maximum atomic E-state index is 3.46. The molecule has 0 heterocycles. The van der Waals surface area contributed by atoms with E-state index in [0.717, 1.165) is 0 Å². The van der Waals surface area contributed by atoms with E-state index in [-0.39, 0.29) is 5.41 Å². The molecular formula is C17H29N. The Balaban J connectivity index is 2.88. The molecule has 0 aliphatic carbocycles. The van der Waals surface area contributed by atoms with Crippen LogP contribution in [0.25, 0.3) is 0 Å². The maximum Gasteiger partial charge on any atom is 0.0343 e. The third kappa shape index (κ3) is 3.84. The molecule has 18 heavy (non-hydrogen) atoms. The normalized spacial score (nSPS) is 15.4. The van der Waals surface area contributed by atoms with Crippen LogP contribution in [-0.4, -0.2) is 7.05 Å². The van der Waals surface area contributed by atoms with Gasteiger partial charge in [-0.15, -0.1) is 0 Å². The molecule has 1 rings (SSSR count). The van der Waals surface area contributed by atoms with E-state index in [9.17, 15) is 0 Å². The summed E-state index contributed by atoms with van der Waals surface area (Å²) >= 11 is 0. The van der Waals surface area contributed by atoms with Gasteiger partial charge in [0.2, 0.25) is 0 Å². The second-order valence-electron chi connectivity index (χ2n) is 6.40. The van der Waals surface area contributed by atoms with Gasteiger partial charge in [-0.25, -0.2) is 0 Å². The Hall–Kier alpha value is -0.820. The molecule has 2 unspecified atom stereocenters. The van der Waals surface area contributed by atoms with Crippen LogP contribution >= 0.6 is 0 Å². The van der Waals surface area contributed by atoms with Gasteiger partial charge < -0.3 is 5.32 Å². The number of benzene rings is 1. The van der Waals surface area contributed by atoms with Crippen LogP contribution in [0.1, 0.15) is 64.6 Å². The molecule has 0 fully saturated rings. The Labute approximate surface area is 113 Å². The first-order chi connectivity index (χ1) is 8.40. The number of hydrogen-bond donors (Lipinski definition) is 1. The summed E-state index contributed by atoms with van der Waals surface area (Å²) in [5, 5.41) is 3.46. The third-order valence-corrected chi connectivity index (χ3v) is 3.76. The second kappa shape index (κ2) is 6.38. The summed E-state index contributed by atoms with van der Waals surface area (Å²) in [6.45, 7) is 11.4. The van der Waals surface area contributed by atoms with Crippen molar-refractivity contribution < 1.29 is 0 Å². The minimum absolute atomic E-state index is 0.239. The first-order valence-corrected chi connectivity index (χ1v) is 7.17. The maximum absolute atomic E-state index is 3.46. The molecule has 0 bridgehead atoms. The van der Waals surface area contributed by atoms with E-state index in [4.69, 9.17) is 0 Å². The zero-order valence-electron chi connectivity index (χ0n) is 12.9. The molecule has 1 nitrogen and oxygen atoms in total. The van der Waals surface area contributed by atoms with Crippen LogP contribution in [0.15, 0.2) is 24.3 Å². The molecule has 0 aliphatic heterocycles. The fraction of sp³-hybridized carbons (Fsp3) is 0.647. The van der Waals surface area contributed by atoms with Crippen LogP contribution in [-0.2, 0) is 5.41 Å². The summed E-state index contributed by atoms with van der Waals surface area (Å²) in [7, 11) is 2.06. The first-order valence-electron chi connectivity index (χ1n) is 7.17. The van der Waals surface area contributed by atoms with E-state index >= 15 is 0 Å². The minimum Gasteiger partial charge on any atom is -0.313 e. The Morgan fingerprint density at radius 1 is 1.11 bits per heavy atom. The predicted octanol–water partition coefficient (Wildman–Crippen LogP) is 4.68. The van der Waals surface area contributed by atoms with Crippen LogP contribution in [0.4, 0.5) is 0 Å². The molecule has 0 aliphatic rings. The van der Waals surface area contributed by atoms with Crippen molar-refractivity contribution in [2.24, 2.45) is 5.92 Å². The van der Waals surface area contributed by atoms with Crippen molar-refractivity contribution in [3.8, 4) is 0 Å². The predicted molar refractivity (Wildman–Crippen MR) is 81.0 cm³/mol. The highest BCUT2D eigenvalue weighted by Crippen LogP contribution is 2.28. The summed E-state index contributed by atoms with van der Waals surface area (Å²) in [5.41, 5.74) is 3.05. The zero-order chi connectivity index (χ0) is 13.8. The molecule has 0 spiro atoms. The summed E-state index contributed by atoms with van der Waals surface area (Å²) < 4.78 is 0. The van der Waals surface area contributed by atoms with E-state index in [1.165, 1.54) is 24.0 Å². The fourth-order valence-corrected chi connectivity index (χ4v) is 2.59. The molecule has 0 aromatic heterocycles. The molecular weight excluding hydrogens is 218 g/mol. The number of rotatable bonds is 5. The topological polar surface area (TPSA) is 12.0 Å². The van der Waals surface area contributed by atoms with Crippen molar-refractivity contribution in [3.05, 3.63) is 35.4 Å². The Kier molecular flexibility index (Phi) is 5.40. The summed E-state index contributed by atoms with van der Waals surface area (Å²) in [6.07, 6.45) is 2.52. The average Bonchev–Trinajstić information content (AvgIpc) is 2.30. The summed E-state index contributed by atoms with van der Waals surface area (Å²) in [5.74, 6) is 0.681. The Morgan fingerprint density at radius 2 is 1.67 bits per heavy atom. The standard InChI is InChI=1S/C17H29N/c1-7-8-13(2)16(18-6)14-9-11-15(12-10-14)17(3,4)5/h9-13,16,18H,7-8H2,1-6H3. The Bertz CT molecular complexity index is 345. The largest absolute Gasteiger partial charge is 0.313 e. The van der Waals surface area contributed by atoms with Gasteiger partial charge in [0.25, 0.3) is 0 Å². The lowest BCUT2D eigenvalue weighted by Gasteiger charge is -2.25. The molecule has 102 valence electrons. The van der Waals surface area contributed by atoms with Gasteiger partial charge in [-0.3, -0.25) is 0 Å². The van der Waals surface area contributed by atoms with E-state index < -0.39 is 0 Å². The van der Waals surface area contributed by atoms with Crippen LogP contribution in [0, 0.1) is 5.92 Å². The summed E-state index contributed by atoms with van der Waals surface area (Å²) in [6, 6.07) is 9.59. The molecule has 2 atom stereocenters. The second-order valence-corrected chi connectivity index (χ2v) is 6.40. The minimum atomic E-state index is 0.239. The molecule has 1 aromatic carbocycles. The molecule has 0 radical (unpaired) electrons. The zero-order valence-corrected chi connectivity index (χ0v) is 12.9. The quantitative estimate of drug-likeness (QED) is 0.796. The highest BCUT2D eigenvalue weighted by Gasteiger charge is 2.18. The van der Waals surface area contributed by atoms with Crippen molar-refractivity contribution >= 4 is 0 Å². The van der Waals surface area contributed by atoms with Crippen molar-refractivity contribution in [1.82, 2.24) is 5.32 Å². The summed E-state index contributed by atoms with van der Waals surface area (Å²) in [4.78, 5) is 0. The van der Waals surface area contributed by atoms with Crippen molar-refractivity contribution in [3.63, 3.8) is 0 Å². The van der Waals surface area contributed by atoms with E-state index in [1.54, 1.807) is 0 Å². The molecule has 1 heteroatoms. The van der Waals surface area contributed by atoms with Gasteiger partial charge in [0, 0.05) is 6.04 Å². The molecule has 0 amide bonds. The van der Waals surface area contributed by atoms with Crippen LogP contribution < -0.4 is 5.32 Å². The van der Waals surface area contributed by atoms with Crippen LogP contribution in [0.3, 0.4) is 0 Å². The van der Waals surface area contributed by atoms with Crippen LogP contribution in [0.2, 0.25) is 0 Å². The molecule has 0 saturated carbocycles. The van der Waals surface area contributed by atoms with E-state index in [2.05, 4.69) is 71.2 Å². The lowest BCUT2D eigenvalue weighted by atomic mass is 9.84. The van der Waals surface area contributed by atoms with Gasteiger partial charge in [-0.05, 0) is 35.9 Å². The third-order valence-electron chi connectivity index (χ3n) is 3.76. The van der Waals surface area contributed by atoms with Crippen LogP contribution in [0.5, 0.6) is 0 Å². The highest BCUT2D eigenvalue weighted by atomic mass is 14.9. The molecule has 1 aromatic rings. The van der Waals surface area contributed by atoms with Crippen molar-refractivity contribution in [2.75, 3.05) is 7.05 Å². The highest BCUT2D eigenvalue weighted by molar-refractivity contribution is 5.29. The Morgan fingerprint density at radius 3 is 2.06 bits per heavy atom. The number of hydrogen-bond acceptors (Lipinski definition) is 1. The smallest absolute Gasteiger partial charge is 0.0343 e. The van der Waals surface area contributed by atoms with Gasteiger partial charge in [-0.1, -0.05) is 65.3 Å². The van der Waals surface area contributed by atoms with E-state index in [0.29, 0.717) is 12.0 Å².